The Bertz CT molecular complexity index is 341. The van der Waals surface area contributed by atoms with Crippen LogP contribution in [0.2, 0.25) is 0 Å². The summed E-state index contributed by atoms with van der Waals surface area (Å²) in [5, 5.41) is 0. The monoisotopic (exact) mass is 206 g/mol. The quantitative estimate of drug-likeness (QED) is 0.749. The number of primary amides is 1. The maximum atomic E-state index is 11.1. The lowest BCUT2D eigenvalue weighted by Gasteiger charge is -2.30. The Kier molecular flexibility index (Phi) is 2.80. The number of aromatic nitrogens is 2. The number of carbonyl (C=O) groups excluding carboxylic acids is 1. The van der Waals surface area contributed by atoms with Gasteiger partial charge in [-0.2, -0.15) is 0 Å². The van der Waals surface area contributed by atoms with Crippen LogP contribution in [0, 0.1) is 5.92 Å². The molecule has 0 radical (unpaired) electrons. The zero-order valence-corrected chi connectivity index (χ0v) is 8.47. The summed E-state index contributed by atoms with van der Waals surface area (Å²) in [5.41, 5.74) is 5.30. The van der Waals surface area contributed by atoms with Crippen LogP contribution in [-0.4, -0.2) is 29.0 Å². The third-order valence-corrected chi connectivity index (χ3v) is 2.66. The molecule has 5 nitrogen and oxygen atoms in total. The molecule has 1 fully saturated rings. The van der Waals surface area contributed by atoms with E-state index in [-0.39, 0.29) is 11.8 Å². The molecule has 1 aromatic rings. The largest absolute Gasteiger partial charge is 0.369 e. The van der Waals surface area contributed by atoms with Gasteiger partial charge in [-0.05, 0) is 18.9 Å². The third kappa shape index (κ3) is 2.23. The maximum absolute atomic E-state index is 11.1. The first-order valence-electron chi connectivity index (χ1n) is 5.08. The van der Waals surface area contributed by atoms with Crippen molar-refractivity contribution in [2.75, 3.05) is 18.0 Å². The molecule has 0 aliphatic carbocycles. The van der Waals surface area contributed by atoms with Gasteiger partial charge in [0.05, 0.1) is 5.92 Å². The van der Waals surface area contributed by atoms with Gasteiger partial charge in [0, 0.05) is 25.5 Å². The van der Waals surface area contributed by atoms with E-state index < -0.39 is 0 Å². The van der Waals surface area contributed by atoms with Gasteiger partial charge in [-0.25, -0.2) is 9.97 Å². The number of rotatable bonds is 2. The van der Waals surface area contributed by atoms with Crippen LogP contribution in [0.1, 0.15) is 12.8 Å². The summed E-state index contributed by atoms with van der Waals surface area (Å²) < 4.78 is 0. The van der Waals surface area contributed by atoms with Gasteiger partial charge < -0.3 is 10.6 Å². The summed E-state index contributed by atoms with van der Waals surface area (Å²) >= 11 is 0. The molecule has 0 aromatic carbocycles. The van der Waals surface area contributed by atoms with Gasteiger partial charge in [-0.3, -0.25) is 4.79 Å². The number of hydrogen-bond donors (Lipinski definition) is 1. The van der Waals surface area contributed by atoms with E-state index >= 15 is 0 Å². The number of nitrogens with zero attached hydrogens (tertiary/aromatic N) is 3. The van der Waals surface area contributed by atoms with Crippen LogP contribution >= 0.6 is 0 Å². The molecule has 5 heteroatoms. The van der Waals surface area contributed by atoms with Crippen LogP contribution in [0.5, 0.6) is 0 Å². The smallest absolute Gasteiger partial charge is 0.225 e. The standard InChI is InChI=1S/C10H14N4O/c11-9(15)8-3-1-6-14(7-8)10-12-4-2-5-13-10/h2,4-5,8H,1,3,6-7H2,(H2,11,15)/t8-/m0/s1. The second-order valence-electron chi connectivity index (χ2n) is 3.74. The molecule has 2 N–H and O–H groups in total. The van der Waals surface area contributed by atoms with Crippen molar-refractivity contribution in [2.24, 2.45) is 11.7 Å². The summed E-state index contributed by atoms with van der Waals surface area (Å²) in [5.74, 6) is 0.390. The average molecular weight is 206 g/mol. The highest BCUT2D eigenvalue weighted by atomic mass is 16.1. The highest BCUT2D eigenvalue weighted by molar-refractivity contribution is 5.77. The maximum Gasteiger partial charge on any atom is 0.225 e. The van der Waals surface area contributed by atoms with E-state index in [1.54, 1.807) is 18.5 Å². The van der Waals surface area contributed by atoms with E-state index in [0.29, 0.717) is 12.5 Å². The van der Waals surface area contributed by atoms with E-state index in [0.717, 1.165) is 19.4 Å². The van der Waals surface area contributed by atoms with E-state index in [9.17, 15) is 4.79 Å². The number of piperidine rings is 1. The third-order valence-electron chi connectivity index (χ3n) is 2.66. The molecule has 15 heavy (non-hydrogen) atoms. The predicted octanol–water partition coefficient (Wildman–Crippen LogP) is 0.178. The lowest BCUT2D eigenvalue weighted by molar-refractivity contribution is -0.122. The van der Waals surface area contributed by atoms with Gasteiger partial charge in [0.2, 0.25) is 11.9 Å². The van der Waals surface area contributed by atoms with E-state index in [1.807, 2.05) is 4.90 Å². The minimum absolute atomic E-state index is 0.0671. The van der Waals surface area contributed by atoms with Crippen LogP contribution in [-0.2, 0) is 4.79 Å². The SMILES string of the molecule is NC(=O)[C@H]1CCCN(c2ncccn2)C1. The molecule has 1 saturated heterocycles. The first kappa shape index (κ1) is 9.89. The summed E-state index contributed by atoms with van der Waals surface area (Å²) in [6.07, 6.45) is 5.25. The van der Waals surface area contributed by atoms with Crippen molar-refractivity contribution in [2.45, 2.75) is 12.8 Å². The number of nitrogens with two attached hydrogens (primary N) is 1. The van der Waals surface area contributed by atoms with Crippen LogP contribution < -0.4 is 10.6 Å². The van der Waals surface area contributed by atoms with Crippen molar-refractivity contribution in [1.82, 2.24) is 9.97 Å². The Morgan fingerprint density at radius 3 is 2.87 bits per heavy atom. The van der Waals surface area contributed by atoms with Crippen molar-refractivity contribution in [3.63, 3.8) is 0 Å². The average Bonchev–Trinajstić information content (AvgIpc) is 2.30. The minimum atomic E-state index is -0.226. The minimum Gasteiger partial charge on any atom is -0.369 e. The Morgan fingerprint density at radius 2 is 2.20 bits per heavy atom. The molecule has 0 spiro atoms. The summed E-state index contributed by atoms with van der Waals surface area (Å²) in [7, 11) is 0. The summed E-state index contributed by atoms with van der Waals surface area (Å²) in [6.45, 7) is 1.53. The Balaban J connectivity index is 2.08. The highest BCUT2D eigenvalue weighted by Crippen LogP contribution is 2.19. The van der Waals surface area contributed by atoms with Gasteiger partial charge in [-0.15, -0.1) is 0 Å². The van der Waals surface area contributed by atoms with Crippen molar-refractivity contribution in [3.05, 3.63) is 18.5 Å². The molecule has 0 unspecified atom stereocenters. The molecule has 0 saturated carbocycles. The first-order valence-corrected chi connectivity index (χ1v) is 5.08. The molecule has 0 bridgehead atoms. The molecule has 80 valence electrons. The number of hydrogen-bond acceptors (Lipinski definition) is 4. The molecule has 2 heterocycles. The zero-order valence-electron chi connectivity index (χ0n) is 8.47. The van der Waals surface area contributed by atoms with Gasteiger partial charge in [-0.1, -0.05) is 0 Å². The number of carbonyl (C=O) groups is 1. The second kappa shape index (κ2) is 4.25. The molecule has 1 atom stereocenters. The first-order chi connectivity index (χ1) is 7.27. The fourth-order valence-electron chi connectivity index (χ4n) is 1.85. The van der Waals surface area contributed by atoms with Crippen LogP contribution in [0.25, 0.3) is 0 Å². The molecular formula is C10H14N4O. The Labute approximate surface area is 88.3 Å². The van der Waals surface area contributed by atoms with Gasteiger partial charge in [0.1, 0.15) is 0 Å². The van der Waals surface area contributed by atoms with Crippen LogP contribution in [0.4, 0.5) is 5.95 Å². The van der Waals surface area contributed by atoms with Gasteiger partial charge in [0.15, 0.2) is 0 Å². The molecule has 2 rings (SSSR count). The Morgan fingerprint density at radius 1 is 1.47 bits per heavy atom. The second-order valence-corrected chi connectivity index (χ2v) is 3.74. The molecule has 1 aliphatic heterocycles. The van der Waals surface area contributed by atoms with Gasteiger partial charge >= 0.3 is 0 Å². The van der Waals surface area contributed by atoms with E-state index in [1.165, 1.54) is 0 Å². The molecule has 1 aliphatic rings. The van der Waals surface area contributed by atoms with Crippen molar-refractivity contribution in [1.29, 1.82) is 0 Å². The van der Waals surface area contributed by atoms with E-state index in [4.69, 9.17) is 5.73 Å². The lowest BCUT2D eigenvalue weighted by Crippen LogP contribution is -2.41. The van der Waals surface area contributed by atoms with Crippen molar-refractivity contribution >= 4 is 11.9 Å². The summed E-state index contributed by atoms with van der Waals surface area (Å²) in [6, 6.07) is 1.78. The van der Waals surface area contributed by atoms with Crippen LogP contribution in [0.3, 0.4) is 0 Å². The molecule has 1 aromatic heterocycles. The van der Waals surface area contributed by atoms with Gasteiger partial charge in [0.25, 0.3) is 0 Å². The fraction of sp³-hybridized carbons (Fsp3) is 0.500. The van der Waals surface area contributed by atoms with Crippen LogP contribution in [0.15, 0.2) is 18.5 Å². The topological polar surface area (TPSA) is 72.1 Å². The zero-order chi connectivity index (χ0) is 10.7. The number of anilines is 1. The lowest BCUT2D eigenvalue weighted by atomic mass is 9.98. The molecule has 1 amide bonds. The number of amides is 1. The van der Waals surface area contributed by atoms with Crippen molar-refractivity contribution in [3.8, 4) is 0 Å². The normalized spacial score (nSPS) is 21.3. The highest BCUT2D eigenvalue weighted by Gasteiger charge is 2.24. The predicted molar refractivity (Wildman–Crippen MR) is 56.2 cm³/mol. The van der Waals surface area contributed by atoms with Crippen molar-refractivity contribution < 1.29 is 4.79 Å². The molecular weight excluding hydrogens is 192 g/mol. The Hall–Kier alpha value is -1.65. The summed E-state index contributed by atoms with van der Waals surface area (Å²) in [4.78, 5) is 21.4. The van der Waals surface area contributed by atoms with E-state index in [2.05, 4.69) is 9.97 Å². The fourth-order valence-corrected chi connectivity index (χ4v) is 1.85.